The van der Waals surface area contributed by atoms with E-state index in [1.54, 1.807) is 36.8 Å². The fraction of sp³-hybridized carbons (Fsp3) is 0.154. The second-order valence-electron chi connectivity index (χ2n) is 7.82. The first-order valence-electron chi connectivity index (χ1n) is 10.7. The standard InChI is InChI=1S/C26H21N3O4S/c1-15-18-9-8-17(32-2)13-21(18)33-26(31)19(15)10-12-24(30)29-23-11-7-16(14-27-23)25-28-20-5-3-4-6-22(20)34-25/h3-9,11,13-14H,10,12H2,1-2H3,(H,27,29,30). The van der Waals surface area contributed by atoms with Gasteiger partial charge in [-0.1, -0.05) is 12.1 Å². The first-order chi connectivity index (χ1) is 16.5. The van der Waals surface area contributed by atoms with E-state index in [1.807, 2.05) is 49.4 Å². The van der Waals surface area contributed by atoms with Crippen molar-refractivity contribution < 1.29 is 13.9 Å². The van der Waals surface area contributed by atoms with Gasteiger partial charge in [0.05, 0.1) is 17.3 Å². The second kappa shape index (κ2) is 9.07. The lowest BCUT2D eigenvalue weighted by Gasteiger charge is -2.09. The molecule has 5 rings (SSSR count). The van der Waals surface area contributed by atoms with Gasteiger partial charge in [-0.25, -0.2) is 14.8 Å². The number of aryl methyl sites for hydroxylation is 1. The number of benzene rings is 2. The molecule has 1 amide bonds. The van der Waals surface area contributed by atoms with Crippen molar-refractivity contribution >= 4 is 44.2 Å². The van der Waals surface area contributed by atoms with Gasteiger partial charge in [0.15, 0.2) is 0 Å². The number of carbonyl (C=O) groups excluding carboxylic acids is 1. The summed E-state index contributed by atoms with van der Waals surface area (Å²) in [6, 6.07) is 17.0. The van der Waals surface area contributed by atoms with Crippen LogP contribution >= 0.6 is 11.3 Å². The number of nitrogens with one attached hydrogen (secondary N) is 1. The summed E-state index contributed by atoms with van der Waals surface area (Å²) < 4.78 is 11.8. The normalized spacial score (nSPS) is 11.1. The number of hydrogen-bond donors (Lipinski definition) is 1. The molecule has 7 nitrogen and oxygen atoms in total. The van der Waals surface area contributed by atoms with Crippen LogP contribution in [0.5, 0.6) is 5.75 Å². The highest BCUT2D eigenvalue weighted by Crippen LogP contribution is 2.30. The van der Waals surface area contributed by atoms with E-state index < -0.39 is 5.63 Å². The Kier molecular flexibility index (Phi) is 5.81. The number of ether oxygens (including phenoxy) is 1. The third kappa shape index (κ3) is 4.27. The van der Waals surface area contributed by atoms with Crippen LogP contribution in [0, 0.1) is 6.92 Å². The number of fused-ring (bicyclic) bond motifs is 2. The molecule has 2 aromatic carbocycles. The summed E-state index contributed by atoms with van der Waals surface area (Å²) in [7, 11) is 1.56. The predicted octanol–water partition coefficient (Wildman–Crippen LogP) is 5.35. The largest absolute Gasteiger partial charge is 0.497 e. The molecule has 0 aliphatic rings. The van der Waals surface area contributed by atoms with Crippen LogP contribution in [0.4, 0.5) is 5.82 Å². The number of thiazole rings is 1. The summed E-state index contributed by atoms with van der Waals surface area (Å²) in [5.74, 6) is 0.835. The molecule has 8 heteroatoms. The van der Waals surface area contributed by atoms with Gasteiger partial charge < -0.3 is 14.5 Å². The minimum atomic E-state index is -0.440. The third-order valence-corrected chi connectivity index (χ3v) is 6.75. The minimum absolute atomic E-state index is 0.133. The lowest BCUT2D eigenvalue weighted by molar-refractivity contribution is -0.116. The zero-order valence-corrected chi connectivity index (χ0v) is 19.4. The van der Waals surface area contributed by atoms with Gasteiger partial charge in [-0.05, 0) is 55.3 Å². The number of hydrogen-bond acceptors (Lipinski definition) is 7. The molecule has 170 valence electrons. The van der Waals surface area contributed by atoms with Crippen LogP contribution in [0.15, 0.2) is 70.0 Å². The highest BCUT2D eigenvalue weighted by Gasteiger charge is 2.14. The molecular formula is C26H21N3O4S. The minimum Gasteiger partial charge on any atom is -0.497 e. The topological polar surface area (TPSA) is 94.3 Å². The quantitative estimate of drug-likeness (QED) is 0.335. The average Bonchev–Trinajstić information content (AvgIpc) is 3.28. The van der Waals surface area contributed by atoms with Crippen molar-refractivity contribution in [3.63, 3.8) is 0 Å². The molecule has 34 heavy (non-hydrogen) atoms. The van der Waals surface area contributed by atoms with Crippen LogP contribution in [-0.4, -0.2) is 23.0 Å². The predicted molar refractivity (Wildman–Crippen MR) is 134 cm³/mol. The van der Waals surface area contributed by atoms with Crippen molar-refractivity contribution in [1.82, 2.24) is 9.97 Å². The molecule has 0 aliphatic heterocycles. The van der Waals surface area contributed by atoms with E-state index in [-0.39, 0.29) is 18.7 Å². The number of aromatic nitrogens is 2. The summed E-state index contributed by atoms with van der Waals surface area (Å²) >= 11 is 1.60. The highest BCUT2D eigenvalue weighted by atomic mass is 32.1. The molecule has 3 heterocycles. The van der Waals surface area contributed by atoms with Crippen molar-refractivity contribution in [3.05, 3.63) is 82.3 Å². The van der Waals surface area contributed by atoms with Gasteiger partial charge in [0.25, 0.3) is 0 Å². The molecule has 0 bridgehead atoms. The molecule has 0 saturated carbocycles. The van der Waals surface area contributed by atoms with Crippen LogP contribution in [0.3, 0.4) is 0 Å². The first kappa shape index (κ1) is 21.8. The van der Waals surface area contributed by atoms with Gasteiger partial charge in [-0.15, -0.1) is 11.3 Å². The third-order valence-electron chi connectivity index (χ3n) is 5.67. The zero-order chi connectivity index (χ0) is 23.7. The molecule has 0 fully saturated rings. The molecule has 0 aliphatic carbocycles. The van der Waals surface area contributed by atoms with E-state index in [0.717, 1.165) is 31.7 Å². The molecular weight excluding hydrogens is 450 g/mol. The van der Waals surface area contributed by atoms with Crippen molar-refractivity contribution in [2.24, 2.45) is 0 Å². The monoisotopic (exact) mass is 471 g/mol. The molecule has 3 aromatic heterocycles. The number of amides is 1. The Labute approximate surface area is 199 Å². The Morgan fingerprint density at radius 2 is 2.00 bits per heavy atom. The van der Waals surface area contributed by atoms with Gasteiger partial charge in [0, 0.05) is 35.2 Å². The van der Waals surface area contributed by atoms with Crippen molar-refractivity contribution in [1.29, 1.82) is 0 Å². The average molecular weight is 472 g/mol. The maximum Gasteiger partial charge on any atom is 0.339 e. The Hall–Kier alpha value is -4.04. The van der Waals surface area contributed by atoms with E-state index in [1.165, 1.54) is 0 Å². The highest BCUT2D eigenvalue weighted by molar-refractivity contribution is 7.21. The number of pyridine rings is 1. The number of methoxy groups -OCH3 is 1. The van der Waals surface area contributed by atoms with Crippen LogP contribution < -0.4 is 15.7 Å². The molecule has 0 saturated heterocycles. The van der Waals surface area contributed by atoms with Crippen molar-refractivity contribution in [2.75, 3.05) is 12.4 Å². The lowest BCUT2D eigenvalue weighted by atomic mass is 10.0. The Balaban J connectivity index is 1.26. The van der Waals surface area contributed by atoms with E-state index >= 15 is 0 Å². The molecule has 0 radical (unpaired) electrons. The van der Waals surface area contributed by atoms with E-state index in [2.05, 4.69) is 15.3 Å². The van der Waals surface area contributed by atoms with E-state index in [4.69, 9.17) is 9.15 Å². The summed E-state index contributed by atoms with van der Waals surface area (Å²) in [6.07, 6.45) is 2.10. The summed E-state index contributed by atoms with van der Waals surface area (Å²) in [6.45, 7) is 1.86. The van der Waals surface area contributed by atoms with Crippen molar-refractivity contribution in [3.8, 4) is 16.3 Å². The zero-order valence-electron chi connectivity index (χ0n) is 18.6. The second-order valence-corrected chi connectivity index (χ2v) is 8.85. The molecule has 1 N–H and O–H groups in total. The number of rotatable bonds is 6. The molecule has 0 spiro atoms. The fourth-order valence-electron chi connectivity index (χ4n) is 3.82. The maximum absolute atomic E-state index is 12.5. The molecule has 0 atom stereocenters. The molecule has 0 unspecified atom stereocenters. The number of carbonyl (C=O) groups is 1. The van der Waals surface area contributed by atoms with Gasteiger partial charge >= 0.3 is 5.63 Å². The van der Waals surface area contributed by atoms with Crippen LogP contribution in [0.2, 0.25) is 0 Å². The lowest BCUT2D eigenvalue weighted by Crippen LogP contribution is -2.17. The number of anilines is 1. The maximum atomic E-state index is 12.5. The van der Waals surface area contributed by atoms with Gasteiger partial charge in [-0.2, -0.15) is 0 Å². The van der Waals surface area contributed by atoms with Gasteiger partial charge in [0.1, 0.15) is 22.2 Å². The summed E-state index contributed by atoms with van der Waals surface area (Å²) in [5.41, 5.74) is 3.16. The van der Waals surface area contributed by atoms with Crippen LogP contribution in [0.1, 0.15) is 17.5 Å². The summed E-state index contributed by atoms with van der Waals surface area (Å²) in [5, 5.41) is 4.49. The van der Waals surface area contributed by atoms with E-state index in [9.17, 15) is 9.59 Å². The summed E-state index contributed by atoms with van der Waals surface area (Å²) in [4.78, 5) is 34.0. The number of para-hydroxylation sites is 1. The smallest absolute Gasteiger partial charge is 0.339 e. The SMILES string of the molecule is COc1ccc2c(C)c(CCC(=O)Nc3ccc(-c4nc5ccccc5s4)cn3)c(=O)oc2c1. The van der Waals surface area contributed by atoms with E-state index in [0.29, 0.717) is 22.7 Å². The Morgan fingerprint density at radius 3 is 2.76 bits per heavy atom. The van der Waals surface area contributed by atoms with Gasteiger partial charge in [-0.3, -0.25) is 4.79 Å². The first-order valence-corrected chi connectivity index (χ1v) is 11.6. The number of nitrogens with zero attached hydrogens (tertiary/aromatic N) is 2. The van der Waals surface area contributed by atoms with Crippen LogP contribution in [-0.2, 0) is 11.2 Å². The van der Waals surface area contributed by atoms with Crippen LogP contribution in [0.25, 0.3) is 31.8 Å². The van der Waals surface area contributed by atoms with Crippen molar-refractivity contribution in [2.45, 2.75) is 19.8 Å². The Morgan fingerprint density at radius 1 is 1.15 bits per heavy atom. The Bertz CT molecular complexity index is 1540. The molecule has 5 aromatic rings. The fourth-order valence-corrected chi connectivity index (χ4v) is 4.78. The van der Waals surface area contributed by atoms with Gasteiger partial charge in [0.2, 0.25) is 5.91 Å².